The minimum absolute atomic E-state index is 0.319. The molecule has 0 aliphatic heterocycles. The van der Waals surface area contributed by atoms with E-state index >= 15 is 0 Å². The average molecular weight is 314 g/mol. The van der Waals surface area contributed by atoms with Gasteiger partial charge < -0.3 is 5.32 Å². The lowest BCUT2D eigenvalue weighted by molar-refractivity contribution is 0.257. The molecule has 6 nitrogen and oxygen atoms in total. The maximum absolute atomic E-state index is 12.9. The SMILES string of the molecule is CCC(C)(C)N(C)S(=O)(=O)c1c(CNC2CC2)n[nH]c1C. The first-order chi connectivity index (χ1) is 9.70. The highest BCUT2D eigenvalue weighted by atomic mass is 32.2. The van der Waals surface area contributed by atoms with Crippen LogP contribution in [0.3, 0.4) is 0 Å². The summed E-state index contributed by atoms with van der Waals surface area (Å²) in [6.45, 7) is 8.10. The van der Waals surface area contributed by atoms with Gasteiger partial charge in [0.15, 0.2) is 0 Å². The van der Waals surface area contributed by atoms with E-state index in [1.807, 2.05) is 20.8 Å². The highest BCUT2D eigenvalue weighted by Gasteiger charge is 2.36. The fourth-order valence-electron chi connectivity index (χ4n) is 2.14. The largest absolute Gasteiger partial charge is 0.308 e. The molecule has 0 atom stereocenters. The van der Waals surface area contributed by atoms with Crippen molar-refractivity contribution < 1.29 is 8.42 Å². The Bertz CT molecular complexity index is 602. The Morgan fingerprint density at radius 3 is 2.57 bits per heavy atom. The van der Waals surface area contributed by atoms with Gasteiger partial charge >= 0.3 is 0 Å². The number of H-pyrrole nitrogens is 1. The first-order valence-electron chi connectivity index (χ1n) is 7.46. The van der Waals surface area contributed by atoms with Crippen LogP contribution < -0.4 is 5.32 Å². The summed E-state index contributed by atoms with van der Waals surface area (Å²) in [5.74, 6) is 0. The van der Waals surface area contributed by atoms with Gasteiger partial charge in [0.1, 0.15) is 4.90 Å². The van der Waals surface area contributed by atoms with Gasteiger partial charge in [0.2, 0.25) is 10.0 Å². The van der Waals surface area contributed by atoms with Crippen LogP contribution in [0.1, 0.15) is 51.4 Å². The summed E-state index contributed by atoms with van der Waals surface area (Å²) in [6, 6.07) is 0.516. The van der Waals surface area contributed by atoms with Crippen molar-refractivity contribution in [3.8, 4) is 0 Å². The van der Waals surface area contributed by atoms with E-state index in [0.717, 1.165) is 19.3 Å². The van der Waals surface area contributed by atoms with Crippen molar-refractivity contribution in [3.63, 3.8) is 0 Å². The predicted octanol–water partition coefficient (Wildman–Crippen LogP) is 1.78. The number of nitrogens with one attached hydrogen (secondary N) is 2. The van der Waals surface area contributed by atoms with Crippen LogP contribution >= 0.6 is 0 Å². The molecule has 0 saturated heterocycles. The molecule has 7 heteroatoms. The number of hydrogen-bond donors (Lipinski definition) is 2. The highest BCUT2D eigenvalue weighted by molar-refractivity contribution is 7.89. The molecule has 1 fully saturated rings. The monoisotopic (exact) mass is 314 g/mol. The summed E-state index contributed by atoms with van der Waals surface area (Å²) in [5, 5.41) is 10.3. The lowest BCUT2D eigenvalue weighted by Crippen LogP contribution is -2.44. The number of rotatable bonds is 7. The summed E-state index contributed by atoms with van der Waals surface area (Å²) in [6.07, 6.45) is 3.07. The quantitative estimate of drug-likeness (QED) is 0.804. The normalized spacial score (nSPS) is 16.7. The summed E-state index contributed by atoms with van der Waals surface area (Å²) in [5.41, 5.74) is 0.753. The van der Waals surface area contributed by atoms with Crippen LogP contribution in [0.2, 0.25) is 0 Å². The van der Waals surface area contributed by atoms with E-state index in [9.17, 15) is 8.42 Å². The summed E-state index contributed by atoms with van der Waals surface area (Å²) in [4.78, 5) is 0.319. The molecule has 0 radical (unpaired) electrons. The minimum atomic E-state index is -3.55. The summed E-state index contributed by atoms with van der Waals surface area (Å²) >= 11 is 0. The van der Waals surface area contributed by atoms with Crippen LogP contribution in [0.5, 0.6) is 0 Å². The zero-order valence-corrected chi connectivity index (χ0v) is 14.3. The maximum atomic E-state index is 12.9. The molecule has 1 aliphatic rings. The number of nitrogens with zero attached hydrogens (tertiary/aromatic N) is 2. The van der Waals surface area contributed by atoms with Gasteiger partial charge in [-0.05, 0) is 40.0 Å². The van der Waals surface area contributed by atoms with Crippen molar-refractivity contribution in [2.24, 2.45) is 0 Å². The molecular formula is C14H26N4O2S. The fourth-order valence-corrected chi connectivity index (χ4v) is 4.05. The van der Waals surface area contributed by atoms with Crippen molar-refractivity contribution in [2.75, 3.05) is 7.05 Å². The van der Waals surface area contributed by atoms with Gasteiger partial charge in [-0.25, -0.2) is 8.42 Å². The maximum Gasteiger partial charge on any atom is 0.247 e. The molecule has 2 rings (SSSR count). The summed E-state index contributed by atoms with van der Waals surface area (Å²) in [7, 11) is -1.91. The lowest BCUT2D eigenvalue weighted by atomic mass is 10.0. The Morgan fingerprint density at radius 2 is 2.05 bits per heavy atom. The van der Waals surface area contributed by atoms with Gasteiger partial charge in [-0.2, -0.15) is 9.40 Å². The van der Waals surface area contributed by atoms with Crippen LogP contribution in [0.4, 0.5) is 0 Å². The van der Waals surface area contributed by atoms with E-state index in [2.05, 4.69) is 15.5 Å². The van der Waals surface area contributed by atoms with E-state index in [1.54, 1.807) is 14.0 Å². The van der Waals surface area contributed by atoms with Gasteiger partial charge in [0, 0.05) is 25.2 Å². The smallest absolute Gasteiger partial charge is 0.247 e. The number of sulfonamides is 1. The third kappa shape index (κ3) is 3.30. The molecular weight excluding hydrogens is 288 g/mol. The van der Waals surface area contributed by atoms with E-state index < -0.39 is 15.6 Å². The number of aromatic nitrogens is 2. The van der Waals surface area contributed by atoms with Crippen LogP contribution in [0.25, 0.3) is 0 Å². The molecule has 0 aromatic carbocycles. The molecule has 1 aliphatic carbocycles. The third-order valence-corrected chi connectivity index (χ3v) is 6.71. The van der Waals surface area contributed by atoms with E-state index in [-0.39, 0.29) is 0 Å². The van der Waals surface area contributed by atoms with Crippen molar-refractivity contribution in [3.05, 3.63) is 11.4 Å². The lowest BCUT2D eigenvalue weighted by Gasteiger charge is -2.33. The van der Waals surface area contributed by atoms with Crippen molar-refractivity contribution in [1.82, 2.24) is 19.8 Å². The summed E-state index contributed by atoms with van der Waals surface area (Å²) < 4.78 is 27.3. The predicted molar refractivity (Wildman–Crippen MR) is 82.5 cm³/mol. The van der Waals surface area contributed by atoms with Gasteiger partial charge in [-0.3, -0.25) is 5.10 Å². The Hall–Kier alpha value is -0.920. The van der Waals surface area contributed by atoms with Crippen molar-refractivity contribution in [1.29, 1.82) is 0 Å². The van der Waals surface area contributed by atoms with Crippen molar-refractivity contribution >= 4 is 10.0 Å². The molecule has 21 heavy (non-hydrogen) atoms. The standard InChI is InChI=1S/C14H26N4O2S/c1-6-14(3,4)18(5)21(19,20)13-10(2)16-17-12(13)9-15-11-7-8-11/h11,15H,6-9H2,1-5H3,(H,16,17). The third-order valence-electron chi connectivity index (χ3n) is 4.43. The molecule has 1 aromatic heterocycles. The molecule has 120 valence electrons. The molecule has 0 amide bonds. The second-order valence-electron chi connectivity index (χ2n) is 6.42. The highest BCUT2D eigenvalue weighted by Crippen LogP contribution is 2.29. The van der Waals surface area contributed by atoms with Gasteiger partial charge in [0.25, 0.3) is 0 Å². The first kappa shape index (κ1) is 16.5. The molecule has 0 spiro atoms. The fraction of sp³-hybridized carbons (Fsp3) is 0.786. The molecule has 2 N–H and O–H groups in total. The van der Waals surface area contributed by atoms with Crippen LogP contribution in [-0.4, -0.2) is 41.5 Å². The minimum Gasteiger partial charge on any atom is -0.308 e. The number of aromatic amines is 1. The van der Waals surface area contributed by atoms with Gasteiger partial charge in [0.05, 0.1) is 11.4 Å². The van der Waals surface area contributed by atoms with Crippen LogP contribution in [0, 0.1) is 6.92 Å². The Morgan fingerprint density at radius 1 is 1.43 bits per heavy atom. The Balaban J connectivity index is 2.32. The Kier molecular flexibility index (Phi) is 4.46. The topological polar surface area (TPSA) is 78.1 Å². The number of aryl methyl sites for hydroxylation is 1. The molecule has 0 unspecified atom stereocenters. The van der Waals surface area contributed by atoms with Crippen LogP contribution in [-0.2, 0) is 16.6 Å². The molecule has 0 bridgehead atoms. The van der Waals surface area contributed by atoms with Crippen molar-refractivity contribution in [2.45, 2.75) is 70.0 Å². The number of hydrogen-bond acceptors (Lipinski definition) is 4. The molecule has 1 heterocycles. The van der Waals surface area contributed by atoms with Gasteiger partial charge in [-0.15, -0.1) is 0 Å². The van der Waals surface area contributed by atoms with Gasteiger partial charge in [-0.1, -0.05) is 6.92 Å². The van der Waals surface area contributed by atoms with Crippen LogP contribution in [0.15, 0.2) is 4.90 Å². The molecule has 1 saturated carbocycles. The Labute approximate surface area is 127 Å². The van der Waals surface area contributed by atoms with E-state index in [0.29, 0.717) is 28.9 Å². The first-order valence-corrected chi connectivity index (χ1v) is 8.90. The molecule has 1 aromatic rings. The second-order valence-corrected chi connectivity index (χ2v) is 8.32. The average Bonchev–Trinajstić information content (AvgIpc) is 3.18. The zero-order chi connectivity index (χ0) is 15.8. The van der Waals surface area contributed by atoms with E-state index in [1.165, 1.54) is 4.31 Å². The van der Waals surface area contributed by atoms with E-state index in [4.69, 9.17) is 0 Å². The second kappa shape index (κ2) is 5.70. The zero-order valence-electron chi connectivity index (χ0n) is 13.5.